The Bertz CT molecular complexity index is 437. The summed E-state index contributed by atoms with van der Waals surface area (Å²) in [6.07, 6.45) is 1.23. The van der Waals surface area contributed by atoms with E-state index in [0.29, 0.717) is 26.1 Å². The van der Waals surface area contributed by atoms with Crippen molar-refractivity contribution in [3.8, 4) is 5.75 Å². The topological polar surface area (TPSA) is 78.9 Å². The van der Waals surface area contributed by atoms with Crippen LogP contribution in [0.25, 0.3) is 0 Å². The van der Waals surface area contributed by atoms with Gasteiger partial charge in [-0.05, 0) is 25.0 Å². The number of hydrogen-bond donors (Lipinski definition) is 2. The molecule has 6 nitrogen and oxygen atoms in total. The van der Waals surface area contributed by atoms with Gasteiger partial charge in [0.1, 0.15) is 5.75 Å². The van der Waals surface area contributed by atoms with Crippen molar-refractivity contribution >= 4 is 12.0 Å². The van der Waals surface area contributed by atoms with E-state index in [4.69, 9.17) is 9.84 Å². The lowest BCUT2D eigenvalue weighted by Crippen LogP contribution is -2.38. The molecule has 0 aliphatic rings. The van der Waals surface area contributed by atoms with Crippen LogP contribution in [0, 0.1) is 0 Å². The Morgan fingerprint density at radius 1 is 1.24 bits per heavy atom. The zero-order valence-electron chi connectivity index (χ0n) is 12.2. The molecule has 0 saturated carbocycles. The van der Waals surface area contributed by atoms with Crippen LogP contribution in [-0.2, 0) is 4.79 Å². The van der Waals surface area contributed by atoms with E-state index in [1.807, 2.05) is 30.3 Å². The molecule has 0 unspecified atom stereocenters. The molecule has 0 spiro atoms. The van der Waals surface area contributed by atoms with Crippen LogP contribution in [0.1, 0.15) is 19.3 Å². The number of aliphatic carboxylic acids is 1. The van der Waals surface area contributed by atoms with Gasteiger partial charge in [0, 0.05) is 26.6 Å². The molecule has 2 N–H and O–H groups in total. The molecule has 0 aliphatic heterocycles. The normalized spacial score (nSPS) is 9.95. The molecule has 0 aliphatic carbocycles. The Labute approximate surface area is 124 Å². The number of carboxylic acid groups (broad SMARTS) is 1. The van der Waals surface area contributed by atoms with Gasteiger partial charge in [0.2, 0.25) is 0 Å². The number of benzene rings is 1. The zero-order chi connectivity index (χ0) is 15.5. The summed E-state index contributed by atoms with van der Waals surface area (Å²) in [5.41, 5.74) is 0. The lowest BCUT2D eigenvalue weighted by Gasteiger charge is -2.17. The number of rotatable bonds is 9. The summed E-state index contributed by atoms with van der Waals surface area (Å²) in [5.74, 6) is -0.0334. The average Bonchev–Trinajstić information content (AvgIpc) is 2.48. The van der Waals surface area contributed by atoms with Gasteiger partial charge in [-0.3, -0.25) is 4.79 Å². The molecule has 21 heavy (non-hydrogen) atoms. The number of amides is 2. The molecule has 0 radical (unpaired) electrons. The molecule has 1 aromatic carbocycles. The summed E-state index contributed by atoms with van der Waals surface area (Å²) >= 11 is 0. The van der Waals surface area contributed by atoms with Gasteiger partial charge in [0.25, 0.3) is 0 Å². The maximum absolute atomic E-state index is 11.7. The van der Waals surface area contributed by atoms with Crippen molar-refractivity contribution in [2.75, 3.05) is 26.7 Å². The third kappa shape index (κ3) is 7.81. The highest BCUT2D eigenvalue weighted by molar-refractivity contribution is 5.73. The third-order valence-corrected chi connectivity index (χ3v) is 2.84. The van der Waals surface area contributed by atoms with Crippen LogP contribution < -0.4 is 10.1 Å². The number of urea groups is 1. The summed E-state index contributed by atoms with van der Waals surface area (Å²) in [5, 5.41) is 11.2. The minimum atomic E-state index is -0.851. The number of para-hydroxylation sites is 1. The second-order valence-corrected chi connectivity index (χ2v) is 4.67. The van der Waals surface area contributed by atoms with Gasteiger partial charge in [-0.25, -0.2) is 4.79 Å². The van der Waals surface area contributed by atoms with Gasteiger partial charge in [-0.2, -0.15) is 0 Å². The van der Waals surface area contributed by atoms with E-state index in [0.717, 1.165) is 12.2 Å². The standard InChI is InChI=1S/C15H22N2O4/c1-17(15(20)16-10-5-9-14(18)19)11-6-12-21-13-7-3-2-4-8-13/h2-4,7-8H,5-6,9-12H2,1H3,(H,16,20)(H,18,19). The van der Waals surface area contributed by atoms with E-state index in [1.54, 1.807) is 11.9 Å². The van der Waals surface area contributed by atoms with Crippen molar-refractivity contribution in [2.24, 2.45) is 0 Å². The summed E-state index contributed by atoms with van der Waals surface area (Å²) < 4.78 is 5.54. The van der Waals surface area contributed by atoms with Crippen LogP contribution >= 0.6 is 0 Å². The molecule has 0 fully saturated rings. The number of nitrogens with zero attached hydrogens (tertiary/aromatic N) is 1. The number of carbonyl (C=O) groups excluding carboxylic acids is 1. The molecule has 116 valence electrons. The van der Waals surface area contributed by atoms with E-state index < -0.39 is 5.97 Å². The molecule has 0 heterocycles. The van der Waals surface area contributed by atoms with Crippen LogP contribution in [0.4, 0.5) is 4.79 Å². The smallest absolute Gasteiger partial charge is 0.317 e. The first-order chi connectivity index (χ1) is 10.1. The van der Waals surface area contributed by atoms with Gasteiger partial charge in [0.05, 0.1) is 6.61 Å². The van der Waals surface area contributed by atoms with E-state index in [2.05, 4.69) is 5.32 Å². The predicted molar refractivity (Wildman–Crippen MR) is 79.5 cm³/mol. The molecule has 0 aromatic heterocycles. The molecule has 0 saturated heterocycles. The number of carbonyl (C=O) groups is 2. The predicted octanol–water partition coefficient (Wildman–Crippen LogP) is 1.96. The lowest BCUT2D eigenvalue weighted by atomic mass is 10.3. The third-order valence-electron chi connectivity index (χ3n) is 2.84. The molecule has 0 atom stereocenters. The van der Waals surface area contributed by atoms with Crippen LogP contribution in [0.3, 0.4) is 0 Å². The number of ether oxygens (including phenoxy) is 1. The quantitative estimate of drug-likeness (QED) is 0.682. The number of carboxylic acids is 1. The first kappa shape index (κ1) is 16.8. The zero-order valence-corrected chi connectivity index (χ0v) is 12.2. The Morgan fingerprint density at radius 3 is 2.62 bits per heavy atom. The molecule has 1 aromatic rings. The van der Waals surface area contributed by atoms with Crippen molar-refractivity contribution < 1.29 is 19.4 Å². The SMILES string of the molecule is CN(CCCOc1ccccc1)C(=O)NCCCC(=O)O. The molecule has 1 rings (SSSR count). The monoisotopic (exact) mass is 294 g/mol. The lowest BCUT2D eigenvalue weighted by molar-refractivity contribution is -0.137. The highest BCUT2D eigenvalue weighted by Gasteiger charge is 2.07. The van der Waals surface area contributed by atoms with Crippen molar-refractivity contribution in [3.63, 3.8) is 0 Å². The Balaban J connectivity index is 2.08. The van der Waals surface area contributed by atoms with E-state index in [1.165, 1.54) is 0 Å². The first-order valence-corrected chi connectivity index (χ1v) is 6.98. The Kier molecular flexibility index (Phi) is 7.71. The van der Waals surface area contributed by atoms with Crippen LogP contribution in [0.2, 0.25) is 0 Å². The van der Waals surface area contributed by atoms with Gasteiger partial charge in [-0.15, -0.1) is 0 Å². The first-order valence-electron chi connectivity index (χ1n) is 6.98. The maximum atomic E-state index is 11.7. The maximum Gasteiger partial charge on any atom is 0.317 e. The van der Waals surface area contributed by atoms with Crippen LogP contribution in [0.15, 0.2) is 30.3 Å². The molecule has 0 bridgehead atoms. The van der Waals surface area contributed by atoms with Gasteiger partial charge in [0.15, 0.2) is 0 Å². The second kappa shape index (κ2) is 9.63. The fraction of sp³-hybridized carbons (Fsp3) is 0.467. The van der Waals surface area contributed by atoms with Crippen LogP contribution in [-0.4, -0.2) is 48.8 Å². The van der Waals surface area contributed by atoms with Crippen molar-refractivity contribution in [1.29, 1.82) is 0 Å². The van der Waals surface area contributed by atoms with E-state index in [-0.39, 0.29) is 12.5 Å². The van der Waals surface area contributed by atoms with E-state index in [9.17, 15) is 9.59 Å². The van der Waals surface area contributed by atoms with Gasteiger partial charge in [-0.1, -0.05) is 18.2 Å². The summed E-state index contributed by atoms with van der Waals surface area (Å²) in [6, 6.07) is 9.32. The molecule has 6 heteroatoms. The van der Waals surface area contributed by atoms with Crippen molar-refractivity contribution in [3.05, 3.63) is 30.3 Å². The van der Waals surface area contributed by atoms with Crippen molar-refractivity contribution in [1.82, 2.24) is 10.2 Å². The minimum absolute atomic E-state index is 0.0644. The highest BCUT2D eigenvalue weighted by atomic mass is 16.5. The van der Waals surface area contributed by atoms with Crippen molar-refractivity contribution in [2.45, 2.75) is 19.3 Å². The number of hydrogen-bond acceptors (Lipinski definition) is 3. The molecule has 2 amide bonds. The average molecular weight is 294 g/mol. The number of nitrogens with one attached hydrogen (secondary N) is 1. The van der Waals surface area contributed by atoms with Gasteiger partial charge >= 0.3 is 12.0 Å². The fourth-order valence-electron chi connectivity index (χ4n) is 1.68. The summed E-state index contributed by atoms with van der Waals surface area (Å²) in [7, 11) is 1.70. The van der Waals surface area contributed by atoms with Gasteiger partial charge < -0.3 is 20.1 Å². The second-order valence-electron chi connectivity index (χ2n) is 4.67. The minimum Gasteiger partial charge on any atom is -0.494 e. The summed E-state index contributed by atoms with van der Waals surface area (Å²) in [4.78, 5) is 23.6. The molecular formula is C15H22N2O4. The Hall–Kier alpha value is -2.24. The Morgan fingerprint density at radius 2 is 1.95 bits per heavy atom. The van der Waals surface area contributed by atoms with E-state index >= 15 is 0 Å². The van der Waals surface area contributed by atoms with Crippen LogP contribution in [0.5, 0.6) is 5.75 Å². The largest absolute Gasteiger partial charge is 0.494 e. The molecular weight excluding hydrogens is 272 g/mol. The fourth-order valence-corrected chi connectivity index (χ4v) is 1.68. The summed E-state index contributed by atoms with van der Waals surface area (Å²) in [6.45, 7) is 1.49. The highest BCUT2D eigenvalue weighted by Crippen LogP contribution is 2.08.